The molecule has 0 atom stereocenters. The van der Waals surface area contributed by atoms with Crippen LogP contribution < -0.4 is 5.32 Å². The Labute approximate surface area is 149 Å². The minimum Gasteiger partial charge on any atom is -0.300 e. The normalized spacial score (nSPS) is 11.0. The molecule has 2 heterocycles. The summed E-state index contributed by atoms with van der Waals surface area (Å²) in [6.45, 7) is 4.40. The average molecular weight is 358 g/mol. The third-order valence-electron chi connectivity index (χ3n) is 3.47. The first-order chi connectivity index (χ1) is 11.6. The van der Waals surface area contributed by atoms with E-state index in [2.05, 4.69) is 41.5 Å². The van der Waals surface area contributed by atoms with Gasteiger partial charge < -0.3 is 5.32 Å². The van der Waals surface area contributed by atoms with Gasteiger partial charge in [0.05, 0.1) is 6.42 Å². The monoisotopic (exact) mass is 357 g/mol. The van der Waals surface area contributed by atoms with Gasteiger partial charge in [-0.15, -0.1) is 10.2 Å². The van der Waals surface area contributed by atoms with E-state index in [4.69, 9.17) is 0 Å². The van der Waals surface area contributed by atoms with Crippen LogP contribution >= 0.6 is 22.7 Å². The van der Waals surface area contributed by atoms with Gasteiger partial charge >= 0.3 is 0 Å². The molecule has 0 aliphatic carbocycles. The molecule has 0 unspecified atom stereocenters. The van der Waals surface area contributed by atoms with Crippen molar-refractivity contribution in [3.63, 3.8) is 0 Å². The Bertz CT molecular complexity index is 792. The summed E-state index contributed by atoms with van der Waals surface area (Å²) in [5.41, 5.74) is 3.35. The summed E-state index contributed by atoms with van der Waals surface area (Å²) in [6.07, 6.45) is 1.40. The number of aromatic nitrogens is 2. The number of rotatable bonds is 6. The standard InChI is InChI=1S/C18H19N3OS2/c1-12(2)9-13-3-5-14(6-4-13)10-16(22)19-18-21-20-17(24-18)15-7-8-23-11-15/h3-8,11-12H,9-10H2,1-2H3,(H,19,21,22). The number of hydrogen-bond acceptors (Lipinski definition) is 5. The highest BCUT2D eigenvalue weighted by atomic mass is 32.1. The average Bonchev–Trinajstić information content (AvgIpc) is 3.19. The first-order valence-corrected chi connectivity index (χ1v) is 9.60. The fraction of sp³-hybridized carbons (Fsp3) is 0.278. The summed E-state index contributed by atoms with van der Waals surface area (Å²) in [7, 11) is 0. The van der Waals surface area contributed by atoms with E-state index in [1.165, 1.54) is 16.9 Å². The third-order valence-corrected chi connectivity index (χ3v) is 5.04. The van der Waals surface area contributed by atoms with E-state index in [-0.39, 0.29) is 5.91 Å². The molecule has 1 amide bonds. The van der Waals surface area contributed by atoms with Crippen LogP contribution in [0.25, 0.3) is 10.6 Å². The molecule has 0 fully saturated rings. The van der Waals surface area contributed by atoms with Gasteiger partial charge in [-0.3, -0.25) is 4.79 Å². The van der Waals surface area contributed by atoms with Gasteiger partial charge in [0.2, 0.25) is 11.0 Å². The number of carbonyl (C=O) groups excluding carboxylic acids is 1. The lowest BCUT2D eigenvalue weighted by Crippen LogP contribution is -2.14. The SMILES string of the molecule is CC(C)Cc1ccc(CC(=O)Nc2nnc(-c3ccsc3)s2)cc1. The summed E-state index contributed by atoms with van der Waals surface area (Å²) in [4.78, 5) is 12.2. The molecule has 6 heteroatoms. The van der Waals surface area contributed by atoms with Gasteiger partial charge in [-0.25, -0.2) is 0 Å². The van der Waals surface area contributed by atoms with Crippen molar-refractivity contribution < 1.29 is 4.79 Å². The van der Waals surface area contributed by atoms with Crippen LogP contribution in [-0.4, -0.2) is 16.1 Å². The molecule has 0 aliphatic rings. The number of anilines is 1. The van der Waals surface area contributed by atoms with Gasteiger partial charge in [0.25, 0.3) is 0 Å². The number of hydrogen-bond donors (Lipinski definition) is 1. The van der Waals surface area contributed by atoms with Crippen molar-refractivity contribution >= 4 is 33.7 Å². The van der Waals surface area contributed by atoms with Gasteiger partial charge in [-0.05, 0) is 34.9 Å². The summed E-state index contributed by atoms with van der Waals surface area (Å²) >= 11 is 3.01. The number of nitrogens with zero attached hydrogens (tertiary/aromatic N) is 2. The molecule has 124 valence electrons. The van der Waals surface area contributed by atoms with Gasteiger partial charge in [0.15, 0.2) is 0 Å². The predicted octanol–water partition coefficient (Wildman–Crippen LogP) is 4.65. The minimum absolute atomic E-state index is 0.0698. The Hall–Kier alpha value is -2.05. The molecule has 24 heavy (non-hydrogen) atoms. The zero-order chi connectivity index (χ0) is 16.9. The molecule has 0 saturated carbocycles. The zero-order valence-corrected chi connectivity index (χ0v) is 15.3. The molecule has 0 bridgehead atoms. The second kappa shape index (κ2) is 7.68. The number of benzene rings is 1. The summed E-state index contributed by atoms with van der Waals surface area (Å²) in [5, 5.41) is 16.4. The topological polar surface area (TPSA) is 54.9 Å². The molecule has 0 spiro atoms. The van der Waals surface area contributed by atoms with E-state index in [1.807, 2.05) is 29.0 Å². The second-order valence-corrected chi connectivity index (χ2v) is 7.82. The van der Waals surface area contributed by atoms with E-state index >= 15 is 0 Å². The largest absolute Gasteiger partial charge is 0.300 e. The Morgan fingerprint density at radius 1 is 1.12 bits per heavy atom. The maximum absolute atomic E-state index is 12.2. The summed E-state index contributed by atoms with van der Waals surface area (Å²) in [5.74, 6) is 0.564. The van der Waals surface area contributed by atoms with Gasteiger partial charge in [-0.2, -0.15) is 11.3 Å². The van der Waals surface area contributed by atoms with Crippen LogP contribution in [0, 0.1) is 5.92 Å². The van der Waals surface area contributed by atoms with E-state index in [9.17, 15) is 4.79 Å². The Kier molecular flexibility index (Phi) is 5.37. The molecular weight excluding hydrogens is 338 g/mol. The Balaban J connectivity index is 1.57. The third kappa shape index (κ3) is 4.49. The van der Waals surface area contributed by atoms with Crippen molar-refractivity contribution in [2.75, 3.05) is 5.32 Å². The lowest BCUT2D eigenvalue weighted by Gasteiger charge is -2.06. The fourth-order valence-corrected chi connectivity index (χ4v) is 3.86. The van der Waals surface area contributed by atoms with Crippen molar-refractivity contribution in [2.45, 2.75) is 26.7 Å². The van der Waals surface area contributed by atoms with E-state index in [0.717, 1.165) is 22.6 Å². The lowest BCUT2D eigenvalue weighted by atomic mass is 10.0. The molecule has 1 aromatic carbocycles. The van der Waals surface area contributed by atoms with Crippen molar-refractivity contribution in [3.8, 4) is 10.6 Å². The second-order valence-electron chi connectivity index (χ2n) is 6.06. The van der Waals surface area contributed by atoms with Gasteiger partial charge in [-0.1, -0.05) is 49.4 Å². The summed E-state index contributed by atoms with van der Waals surface area (Å²) in [6, 6.07) is 10.2. The molecule has 2 aromatic heterocycles. The molecule has 4 nitrogen and oxygen atoms in total. The Morgan fingerprint density at radius 2 is 1.88 bits per heavy atom. The maximum atomic E-state index is 12.2. The molecular formula is C18H19N3OS2. The van der Waals surface area contributed by atoms with Crippen molar-refractivity contribution in [1.82, 2.24) is 10.2 Å². The van der Waals surface area contributed by atoms with Crippen LogP contribution in [0.1, 0.15) is 25.0 Å². The molecule has 3 aromatic rings. The number of nitrogens with one attached hydrogen (secondary N) is 1. The quantitative estimate of drug-likeness (QED) is 0.699. The molecule has 0 radical (unpaired) electrons. The van der Waals surface area contributed by atoms with Gasteiger partial charge in [0, 0.05) is 10.9 Å². The zero-order valence-electron chi connectivity index (χ0n) is 13.7. The van der Waals surface area contributed by atoms with E-state index in [0.29, 0.717) is 17.5 Å². The smallest absolute Gasteiger partial charge is 0.230 e. The number of thiophene rings is 1. The maximum Gasteiger partial charge on any atom is 0.230 e. The highest BCUT2D eigenvalue weighted by Crippen LogP contribution is 2.27. The summed E-state index contributed by atoms with van der Waals surface area (Å²) < 4.78 is 0. The predicted molar refractivity (Wildman–Crippen MR) is 101 cm³/mol. The highest BCUT2D eigenvalue weighted by Gasteiger charge is 2.10. The fourth-order valence-electron chi connectivity index (χ4n) is 2.39. The van der Waals surface area contributed by atoms with Crippen molar-refractivity contribution in [1.29, 1.82) is 0 Å². The molecule has 1 N–H and O–H groups in total. The van der Waals surface area contributed by atoms with Crippen LogP contribution in [-0.2, 0) is 17.6 Å². The van der Waals surface area contributed by atoms with Crippen LogP contribution in [0.15, 0.2) is 41.1 Å². The van der Waals surface area contributed by atoms with Gasteiger partial charge in [0.1, 0.15) is 5.01 Å². The number of carbonyl (C=O) groups is 1. The number of amides is 1. The van der Waals surface area contributed by atoms with E-state index in [1.54, 1.807) is 11.3 Å². The molecule has 0 saturated heterocycles. The van der Waals surface area contributed by atoms with E-state index < -0.39 is 0 Å². The first kappa shape index (κ1) is 16.8. The highest BCUT2D eigenvalue weighted by molar-refractivity contribution is 7.19. The first-order valence-electron chi connectivity index (χ1n) is 7.84. The van der Waals surface area contributed by atoms with Crippen LogP contribution in [0.5, 0.6) is 0 Å². The van der Waals surface area contributed by atoms with Crippen molar-refractivity contribution in [3.05, 3.63) is 52.2 Å². The van der Waals surface area contributed by atoms with Crippen LogP contribution in [0.4, 0.5) is 5.13 Å². The lowest BCUT2D eigenvalue weighted by molar-refractivity contribution is -0.115. The van der Waals surface area contributed by atoms with Crippen LogP contribution in [0.3, 0.4) is 0 Å². The van der Waals surface area contributed by atoms with Crippen LogP contribution in [0.2, 0.25) is 0 Å². The molecule has 0 aliphatic heterocycles. The van der Waals surface area contributed by atoms with Crippen molar-refractivity contribution in [2.24, 2.45) is 5.92 Å². The molecule has 3 rings (SSSR count). The Morgan fingerprint density at radius 3 is 2.54 bits per heavy atom. The minimum atomic E-state index is -0.0698.